The van der Waals surface area contributed by atoms with E-state index in [4.69, 9.17) is 9.47 Å². The van der Waals surface area contributed by atoms with Gasteiger partial charge in [-0.15, -0.1) is 0 Å². The third-order valence-electron chi connectivity index (χ3n) is 6.97. The average Bonchev–Trinajstić information content (AvgIpc) is 3.57. The highest BCUT2D eigenvalue weighted by Gasteiger charge is 2.47. The molecule has 0 aliphatic carbocycles. The molecule has 6 rings (SSSR count). The largest absolute Gasteiger partial charge is 0.497 e. The van der Waals surface area contributed by atoms with Gasteiger partial charge in [0.1, 0.15) is 23.3 Å². The van der Waals surface area contributed by atoms with Gasteiger partial charge in [-0.1, -0.05) is 72.8 Å². The Morgan fingerprint density at radius 2 is 1.61 bits per heavy atom. The van der Waals surface area contributed by atoms with Gasteiger partial charge in [0, 0.05) is 17.2 Å². The lowest BCUT2D eigenvalue weighted by atomic mass is 9.82. The molecule has 5 aromatic rings. The number of esters is 1. The topological polar surface area (TPSA) is 113 Å². The van der Waals surface area contributed by atoms with E-state index in [1.807, 2.05) is 30.3 Å². The van der Waals surface area contributed by atoms with Crippen LogP contribution in [-0.4, -0.2) is 30.6 Å². The summed E-state index contributed by atoms with van der Waals surface area (Å²) in [5, 5.41) is 2.91. The molecular formula is C32H23N2O6S+. The van der Waals surface area contributed by atoms with Crippen LogP contribution in [0, 0.1) is 5.92 Å². The van der Waals surface area contributed by atoms with Gasteiger partial charge in [0.05, 0.1) is 17.4 Å². The summed E-state index contributed by atoms with van der Waals surface area (Å²) in [5.74, 6) is -4.26. The summed E-state index contributed by atoms with van der Waals surface area (Å²) in [4.78, 5) is 57.3. The smallest absolute Gasteiger partial charge is 0.376 e. The lowest BCUT2D eigenvalue weighted by Crippen LogP contribution is -2.39. The van der Waals surface area contributed by atoms with Crippen LogP contribution in [-0.2, 0) is 14.3 Å². The number of benzene rings is 4. The van der Waals surface area contributed by atoms with Crippen LogP contribution in [0.25, 0.3) is 21.3 Å². The maximum absolute atomic E-state index is 14.2. The Morgan fingerprint density at radius 3 is 2.39 bits per heavy atom. The van der Waals surface area contributed by atoms with Gasteiger partial charge in [0.25, 0.3) is 5.78 Å². The molecule has 1 aliphatic heterocycles. The van der Waals surface area contributed by atoms with Crippen LogP contribution in [0.1, 0.15) is 32.4 Å². The summed E-state index contributed by atoms with van der Waals surface area (Å²) in [6, 6.07) is 28.1. The van der Waals surface area contributed by atoms with E-state index in [2.05, 4.69) is 10.3 Å². The van der Waals surface area contributed by atoms with Gasteiger partial charge in [-0.3, -0.25) is 9.59 Å². The van der Waals surface area contributed by atoms with Crippen molar-refractivity contribution in [3.8, 4) is 16.9 Å². The fourth-order valence-corrected chi connectivity index (χ4v) is 5.92. The number of hydrogen-bond acceptors (Lipinski definition) is 7. The number of ether oxygens (including phenoxy) is 2. The second-order valence-electron chi connectivity index (χ2n) is 9.40. The van der Waals surface area contributed by atoms with Crippen molar-refractivity contribution in [3.63, 3.8) is 0 Å². The van der Waals surface area contributed by atoms with Crippen LogP contribution < -0.4 is 15.0 Å². The van der Waals surface area contributed by atoms with E-state index in [0.29, 0.717) is 22.0 Å². The molecule has 41 heavy (non-hydrogen) atoms. The molecule has 1 aliphatic rings. The van der Waals surface area contributed by atoms with Crippen LogP contribution in [0.15, 0.2) is 97.1 Å². The molecule has 2 unspecified atom stereocenters. The number of cyclic esters (lactones) is 1. The first kappa shape index (κ1) is 26.1. The number of anilines is 1. The van der Waals surface area contributed by atoms with E-state index < -0.39 is 35.5 Å². The Labute approximate surface area is 238 Å². The van der Waals surface area contributed by atoms with Gasteiger partial charge in [-0.25, -0.2) is 14.6 Å². The Hall–Kier alpha value is -5.15. The van der Waals surface area contributed by atoms with Crippen LogP contribution in [0.5, 0.6) is 5.75 Å². The predicted octanol–water partition coefficient (Wildman–Crippen LogP) is 5.31. The average molecular weight is 564 g/mol. The SMILES string of the molecule is COc1ccc2[nH+]c(NC(=O)C(=O)C(C(=O)c3ccccc3-c3ccccc3)C3OC(=O)c4ccccc43)sc2c1. The minimum Gasteiger partial charge on any atom is -0.497 e. The molecule has 2 heterocycles. The summed E-state index contributed by atoms with van der Waals surface area (Å²) in [6.07, 6.45) is -1.26. The molecule has 8 nitrogen and oxygen atoms in total. The van der Waals surface area contributed by atoms with Crippen molar-refractivity contribution >= 4 is 50.1 Å². The summed E-state index contributed by atoms with van der Waals surface area (Å²) in [6.45, 7) is 0. The Kier molecular flexibility index (Phi) is 6.86. The van der Waals surface area contributed by atoms with E-state index in [0.717, 1.165) is 15.8 Å². The highest BCUT2D eigenvalue weighted by Crippen LogP contribution is 2.39. The Balaban J connectivity index is 1.39. The fraction of sp³-hybridized carbons (Fsp3) is 0.0938. The molecule has 0 radical (unpaired) electrons. The van der Waals surface area contributed by atoms with Gasteiger partial charge in [0.2, 0.25) is 0 Å². The molecule has 0 bridgehead atoms. The van der Waals surface area contributed by atoms with Crippen LogP contribution >= 0.6 is 11.3 Å². The number of methoxy groups -OCH3 is 1. The van der Waals surface area contributed by atoms with Crippen molar-refractivity contribution in [2.45, 2.75) is 6.10 Å². The monoisotopic (exact) mass is 563 g/mol. The fourth-order valence-electron chi connectivity index (χ4n) is 4.99. The maximum atomic E-state index is 14.2. The maximum Gasteiger partial charge on any atom is 0.376 e. The van der Waals surface area contributed by atoms with Gasteiger partial charge in [-0.05, 0) is 40.7 Å². The van der Waals surface area contributed by atoms with E-state index >= 15 is 0 Å². The van der Waals surface area contributed by atoms with Gasteiger partial charge >= 0.3 is 17.0 Å². The highest BCUT2D eigenvalue weighted by molar-refractivity contribution is 7.21. The number of carbonyl (C=O) groups excluding carboxylic acids is 4. The summed E-state index contributed by atoms with van der Waals surface area (Å²) < 4.78 is 11.7. The zero-order valence-electron chi connectivity index (χ0n) is 21.8. The molecule has 1 aromatic heterocycles. The Bertz CT molecular complexity index is 1830. The molecule has 0 fully saturated rings. The van der Waals surface area contributed by atoms with Crippen molar-refractivity contribution in [2.75, 3.05) is 12.4 Å². The van der Waals surface area contributed by atoms with Gasteiger partial charge in [0.15, 0.2) is 5.78 Å². The Morgan fingerprint density at radius 1 is 0.902 bits per heavy atom. The first-order valence-corrected chi connectivity index (χ1v) is 13.6. The van der Waals surface area contributed by atoms with Crippen molar-refractivity contribution < 1.29 is 33.6 Å². The third-order valence-corrected chi connectivity index (χ3v) is 7.93. The van der Waals surface area contributed by atoms with E-state index in [1.54, 1.807) is 73.8 Å². The zero-order valence-corrected chi connectivity index (χ0v) is 22.6. The molecule has 1 amide bonds. The van der Waals surface area contributed by atoms with Gasteiger partial charge < -0.3 is 9.47 Å². The number of aromatic amines is 1. The number of hydrogen-bond donors (Lipinski definition) is 1. The number of amides is 1. The molecule has 202 valence electrons. The van der Waals surface area contributed by atoms with Gasteiger partial charge in [-0.2, -0.15) is 5.32 Å². The summed E-state index contributed by atoms with van der Waals surface area (Å²) >= 11 is 1.22. The van der Waals surface area contributed by atoms with E-state index in [1.165, 1.54) is 11.3 Å². The lowest BCUT2D eigenvalue weighted by molar-refractivity contribution is -0.321. The molecule has 4 aromatic carbocycles. The standard InChI is InChI=1S/C32H22N2O6S/c1-39-19-15-16-24-25(17-19)41-32(33-24)34-30(37)28(36)26(29-22-13-7-8-14-23(22)31(38)40-29)27(35)21-12-6-5-11-20(21)18-9-3-2-4-10-18/h2-17,26,29H,1H3,(H,33,34,37)/p+1. The normalized spacial score (nSPS) is 14.7. The van der Waals surface area contributed by atoms with Crippen LogP contribution in [0.3, 0.4) is 0 Å². The summed E-state index contributed by atoms with van der Waals surface area (Å²) in [5.41, 5.74) is 2.99. The third kappa shape index (κ3) is 4.87. The second-order valence-corrected chi connectivity index (χ2v) is 10.5. The first-order valence-electron chi connectivity index (χ1n) is 12.8. The molecule has 2 N–H and O–H groups in total. The predicted molar refractivity (Wildman–Crippen MR) is 153 cm³/mol. The molecular weight excluding hydrogens is 540 g/mol. The van der Waals surface area contributed by atoms with E-state index in [-0.39, 0.29) is 11.1 Å². The highest BCUT2D eigenvalue weighted by atomic mass is 32.1. The number of thiazole rings is 1. The molecule has 9 heteroatoms. The first-order chi connectivity index (χ1) is 19.9. The quantitative estimate of drug-likeness (QED) is 0.119. The molecule has 0 spiro atoms. The van der Waals surface area contributed by atoms with Crippen molar-refractivity contribution in [1.29, 1.82) is 0 Å². The second kappa shape index (κ2) is 10.8. The number of aromatic nitrogens is 1. The van der Waals surface area contributed by atoms with Crippen LogP contribution in [0.4, 0.5) is 5.13 Å². The number of H-pyrrole nitrogens is 1. The molecule has 0 saturated heterocycles. The number of rotatable bonds is 8. The summed E-state index contributed by atoms with van der Waals surface area (Å²) in [7, 11) is 1.56. The minimum atomic E-state index is -1.61. The zero-order chi connectivity index (χ0) is 28.5. The van der Waals surface area contributed by atoms with Crippen LogP contribution in [0.2, 0.25) is 0 Å². The lowest BCUT2D eigenvalue weighted by Gasteiger charge is -2.21. The van der Waals surface area contributed by atoms with E-state index in [9.17, 15) is 19.2 Å². The minimum absolute atomic E-state index is 0.241. The number of carbonyl (C=O) groups is 4. The number of Topliss-reactive ketones (excluding diaryl/α,β-unsaturated/α-hetero) is 2. The van der Waals surface area contributed by atoms with Crippen molar-refractivity contribution in [2.24, 2.45) is 5.92 Å². The molecule has 2 atom stereocenters. The molecule has 0 saturated carbocycles. The number of nitrogens with one attached hydrogen (secondary N) is 2. The number of fused-ring (bicyclic) bond motifs is 2. The van der Waals surface area contributed by atoms with Crippen molar-refractivity contribution in [1.82, 2.24) is 0 Å². The number of ketones is 2. The van der Waals surface area contributed by atoms with Crippen molar-refractivity contribution in [3.05, 3.63) is 114 Å².